The fourth-order valence-electron chi connectivity index (χ4n) is 5.14. The number of morpholine rings is 1. The summed E-state index contributed by atoms with van der Waals surface area (Å²) in [4.78, 5) is 7.91. The molecule has 4 rings (SSSR count). The Morgan fingerprint density at radius 2 is 1.48 bits per heavy atom. The van der Waals surface area contributed by atoms with Crippen molar-refractivity contribution in [2.45, 2.75) is 51.7 Å². The second-order valence-corrected chi connectivity index (χ2v) is 8.81. The molecule has 3 aliphatic heterocycles. The van der Waals surface area contributed by atoms with Crippen LogP contribution in [0.4, 0.5) is 0 Å². The van der Waals surface area contributed by atoms with Gasteiger partial charge in [-0.15, -0.1) is 0 Å². The summed E-state index contributed by atoms with van der Waals surface area (Å²) in [5.41, 5.74) is 2.93. The van der Waals surface area contributed by atoms with Gasteiger partial charge in [0.25, 0.3) is 0 Å². The van der Waals surface area contributed by atoms with Crippen LogP contribution < -0.4 is 0 Å². The van der Waals surface area contributed by atoms with Crippen molar-refractivity contribution in [1.82, 2.24) is 14.7 Å². The number of hydrogen-bond donors (Lipinski definition) is 0. The highest BCUT2D eigenvalue weighted by Gasteiger charge is 2.28. The van der Waals surface area contributed by atoms with Crippen molar-refractivity contribution in [2.75, 3.05) is 52.5 Å². The maximum atomic E-state index is 5.47. The summed E-state index contributed by atoms with van der Waals surface area (Å²) in [6.45, 7) is 13.7. The van der Waals surface area contributed by atoms with E-state index in [0.29, 0.717) is 0 Å². The molecule has 1 aromatic carbocycles. The Hall–Kier alpha value is -0.940. The minimum atomic E-state index is 0.784. The van der Waals surface area contributed by atoms with Crippen molar-refractivity contribution >= 4 is 0 Å². The zero-order valence-corrected chi connectivity index (χ0v) is 17.1. The molecule has 0 aromatic heterocycles. The van der Waals surface area contributed by atoms with E-state index >= 15 is 0 Å². The van der Waals surface area contributed by atoms with Crippen molar-refractivity contribution in [2.24, 2.45) is 5.92 Å². The molecule has 0 aliphatic carbocycles. The molecule has 1 unspecified atom stereocenters. The van der Waals surface area contributed by atoms with Crippen LogP contribution in [0, 0.1) is 5.92 Å². The lowest BCUT2D eigenvalue weighted by Crippen LogP contribution is -2.42. The van der Waals surface area contributed by atoms with Gasteiger partial charge in [-0.25, -0.2) is 0 Å². The fraction of sp³-hybridized carbons (Fsp3) is 0.739. The number of nitrogens with zero attached hydrogens (tertiary/aromatic N) is 3. The highest BCUT2D eigenvalue weighted by atomic mass is 16.5. The second kappa shape index (κ2) is 9.51. The van der Waals surface area contributed by atoms with Gasteiger partial charge in [-0.1, -0.05) is 24.3 Å². The predicted octanol–water partition coefficient (Wildman–Crippen LogP) is 3.22. The van der Waals surface area contributed by atoms with Crippen LogP contribution in [0.5, 0.6) is 0 Å². The van der Waals surface area contributed by atoms with Gasteiger partial charge < -0.3 is 9.64 Å². The molecule has 0 radical (unpaired) electrons. The zero-order chi connectivity index (χ0) is 18.5. The normalized spacial score (nSPS) is 25.1. The summed E-state index contributed by atoms with van der Waals surface area (Å²) in [5.74, 6) is 0.895. The summed E-state index contributed by atoms with van der Waals surface area (Å²) in [5, 5.41) is 0. The Labute approximate surface area is 165 Å². The number of ether oxygens (including phenoxy) is 1. The van der Waals surface area contributed by atoms with Gasteiger partial charge in [0.2, 0.25) is 0 Å². The van der Waals surface area contributed by atoms with Gasteiger partial charge in [-0.3, -0.25) is 9.80 Å². The van der Waals surface area contributed by atoms with Gasteiger partial charge in [-0.05, 0) is 75.8 Å². The van der Waals surface area contributed by atoms with E-state index in [0.717, 1.165) is 51.4 Å². The molecule has 4 heteroatoms. The van der Waals surface area contributed by atoms with E-state index in [1.807, 2.05) is 0 Å². The van der Waals surface area contributed by atoms with Crippen molar-refractivity contribution in [3.05, 3.63) is 35.4 Å². The number of likely N-dealkylation sites (tertiary alicyclic amines) is 2. The minimum Gasteiger partial charge on any atom is -0.379 e. The SMILES string of the molecule is CC(C1CCN(Cc2cccc(CN3CCOCC3)c2)CC1)N1CCCC1. The molecule has 0 amide bonds. The molecule has 3 saturated heterocycles. The molecule has 3 heterocycles. The molecule has 4 nitrogen and oxygen atoms in total. The maximum Gasteiger partial charge on any atom is 0.0594 e. The Kier molecular flexibility index (Phi) is 6.82. The largest absolute Gasteiger partial charge is 0.379 e. The molecule has 150 valence electrons. The molecule has 3 aliphatic rings. The van der Waals surface area contributed by atoms with E-state index in [1.165, 1.54) is 63.0 Å². The smallest absolute Gasteiger partial charge is 0.0594 e. The van der Waals surface area contributed by atoms with Crippen molar-refractivity contribution < 1.29 is 4.74 Å². The lowest BCUT2D eigenvalue weighted by atomic mass is 9.89. The summed E-state index contributed by atoms with van der Waals surface area (Å²) in [6.07, 6.45) is 5.55. The first-order chi connectivity index (χ1) is 13.3. The third-order valence-electron chi connectivity index (χ3n) is 6.94. The number of rotatable bonds is 6. The first kappa shape index (κ1) is 19.4. The highest BCUT2D eigenvalue weighted by molar-refractivity contribution is 5.23. The average molecular weight is 372 g/mol. The maximum absolute atomic E-state index is 5.47. The quantitative estimate of drug-likeness (QED) is 0.764. The summed E-state index contributed by atoms with van der Waals surface area (Å²) < 4.78 is 5.47. The molecule has 0 bridgehead atoms. The predicted molar refractivity (Wildman–Crippen MR) is 111 cm³/mol. The lowest BCUT2D eigenvalue weighted by Gasteiger charge is -2.38. The van der Waals surface area contributed by atoms with Crippen molar-refractivity contribution in [3.63, 3.8) is 0 Å². The molecule has 0 spiro atoms. The highest BCUT2D eigenvalue weighted by Crippen LogP contribution is 2.27. The molecular weight excluding hydrogens is 334 g/mol. The number of piperidine rings is 1. The third-order valence-corrected chi connectivity index (χ3v) is 6.94. The third kappa shape index (κ3) is 5.32. The fourth-order valence-corrected chi connectivity index (χ4v) is 5.14. The Morgan fingerprint density at radius 3 is 2.11 bits per heavy atom. The van der Waals surface area contributed by atoms with Gasteiger partial charge in [0.1, 0.15) is 0 Å². The number of benzene rings is 1. The van der Waals surface area contributed by atoms with E-state index in [2.05, 4.69) is 45.9 Å². The van der Waals surface area contributed by atoms with Gasteiger partial charge >= 0.3 is 0 Å². The van der Waals surface area contributed by atoms with Crippen LogP contribution in [-0.4, -0.2) is 73.2 Å². The van der Waals surface area contributed by atoms with Gasteiger partial charge in [0.05, 0.1) is 13.2 Å². The van der Waals surface area contributed by atoms with E-state index in [9.17, 15) is 0 Å². The van der Waals surface area contributed by atoms with E-state index in [-0.39, 0.29) is 0 Å². The second-order valence-electron chi connectivity index (χ2n) is 8.81. The molecule has 0 N–H and O–H groups in total. The molecule has 3 fully saturated rings. The first-order valence-electron chi connectivity index (χ1n) is 11.1. The Morgan fingerprint density at radius 1 is 0.889 bits per heavy atom. The Bertz CT molecular complexity index is 573. The van der Waals surface area contributed by atoms with Crippen LogP contribution in [0.1, 0.15) is 43.7 Å². The number of hydrogen-bond acceptors (Lipinski definition) is 4. The van der Waals surface area contributed by atoms with Crippen LogP contribution in [0.2, 0.25) is 0 Å². The molecule has 1 atom stereocenters. The standard InChI is InChI=1S/C23H37N3O/c1-20(26-9-2-3-10-26)23-7-11-24(12-8-23)18-21-5-4-6-22(17-21)19-25-13-15-27-16-14-25/h4-6,17,20,23H,2-3,7-16,18-19H2,1H3. The topological polar surface area (TPSA) is 19.0 Å². The van der Waals surface area contributed by atoms with Gasteiger partial charge in [-0.2, -0.15) is 0 Å². The molecule has 27 heavy (non-hydrogen) atoms. The zero-order valence-electron chi connectivity index (χ0n) is 17.1. The van der Waals surface area contributed by atoms with E-state index in [4.69, 9.17) is 4.74 Å². The lowest BCUT2D eigenvalue weighted by molar-refractivity contribution is 0.0342. The molecule has 0 saturated carbocycles. The van der Waals surface area contributed by atoms with Crippen LogP contribution in [0.25, 0.3) is 0 Å². The molecule has 1 aromatic rings. The molecular formula is C23H37N3O. The van der Waals surface area contributed by atoms with E-state index < -0.39 is 0 Å². The van der Waals surface area contributed by atoms with Crippen molar-refractivity contribution in [3.8, 4) is 0 Å². The summed E-state index contributed by atoms with van der Waals surface area (Å²) >= 11 is 0. The van der Waals surface area contributed by atoms with Crippen LogP contribution in [0.3, 0.4) is 0 Å². The Balaban J connectivity index is 1.25. The average Bonchev–Trinajstić information content (AvgIpc) is 3.24. The van der Waals surface area contributed by atoms with Crippen LogP contribution in [-0.2, 0) is 17.8 Å². The first-order valence-corrected chi connectivity index (χ1v) is 11.1. The van der Waals surface area contributed by atoms with Crippen LogP contribution >= 0.6 is 0 Å². The van der Waals surface area contributed by atoms with Crippen molar-refractivity contribution in [1.29, 1.82) is 0 Å². The summed E-state index contributed by atoms with van der Waals surface area (Å²) in [6, 6.07) is 10.0. The minimum absolute atomic E-state index is 0.784. The van der Waals surface area contributed by atoms with Gasteiger partial charge in [0.15, 0.2) is 0 Å². The summed E-state index contributed by atoms with van der Waals surface area (Å²) in [7, 11) is 0. The van der Waals surface area contributed by atoms with Gasteiger partial charge in [0, 0.05) is 32.2 Å². The van der Waals surface area contributed by atoms with E-state index in [1.54, 1.807) is 0 Å². The monoisotopic (exact) mass is 371 g/mol. The van der Waals surface area contributed by atoms with Crippen LogP contribution in [0.15, 0.2) is 24.3 Å².